The van der Waals surface area contributed by atoms with Gasteiger partial charge in [-0.15, -0.1) is 0 Å². The summed E-state index contributed by atoms with van der Waals surface area (Å²) in [4.78, 5) is 27.6. The van der Waals surface area contributed by atoms with E-state index in [9.17, 15) is 9.59 Å². The molecule has 0 bridgehead atoms. The molecule has 144 valence electrons. The quantitative estimate of drug-likeness (QED) is 0.522. The van der Waals surface area contributed by atoms with Crippen molar-refractivity contribution in [2.75, 3.05) is 18.4 Å². The van der Waals surface area contributed by atoms with E-state index in [0.717, 1.165) is 42.9 Å². The first-order valence-electron chi connectivity index (χ1n) is 9.44. The first kappa shape index (κ1) is 18.9. The Balaban J connectivity index is 1.42. The number of carbonyl (C=O) groups is 2. The van der Waals surface area contributed by atoms with E-state index in [2.05, 4.69) is 20.9 Å². The number of nitrogens with zero attached hydrogens (tertiary/aromatic N) is 1. The SMILES string of the molecule is O=C(O)CC1CC=CC2=C1CCC(C(=O)NCCCNc1ccccn1)N2. The second-order valence-corrected chi connectivity index (χ2v) is 6.89. The lowest BCUT2D eigenvalue weighted by molar-refractivity contribution is -0.137. The van der Waals surface area contributed by atoms with Gasteiger partial charge < -0.3 is 21.1 Å². The molecule has 1 aliphatic heterocycles. The predicted octanol–water partition coefficient (Wildman–Crippen LogP) is 2.06. The van der Waals surface area contributed by atoms with Crippen molar-refractivity contribution in [3.63, 3.8) is 0 Å². The Bertz CT molecular complexity index is 730. The van der Waals surface area contributed by atoms with Crippen molar-refractivity contribution >= 4 is 17.7 Å². The third kappa shape index (κ3) is 5.32. The molecular formula is C20H26N4O3. The molecule has 0 spiro atoms. The van der Waals surface area contributed by atoms with Gasteiger partial charge in [-0.2, -0.15) is 0 Å². The van der Waals surface area contributed by atoms with Crippen molar-refractivity contribution in [3.05, 3.63) is 47.8 Å². The molecule has 2 aliphatic rings. The van der Waals surface area contributed by atoms with Crippen LogP contribution in [-0.4, -0.2) is 41.1 Å². The van der Waals surface area contributed by atoms with Gasteiger partial charge in [0.1, 0.15) is 11.9 Å². The van der Waals surface area contributed by atoms with Crippen molar-refractivity contribution in [2.24, 2.45) is 5.92 Å². The molecule has 0 radical (unpaired) electrons. The van der Waals surface area contributed by atoms with Gasteiger partial charge in [0, 0.05) is 25.0 Å². The average molecular weight is 370 g/mol. The molecule has 1 aromatic rings. The van der Waals surface area contributed by atoms with Crippen molar-refractivity contribution < 1.29 is 14.7 Å². The summed E-state index contributed by atoms with van der Waals surface area (Å²) in [5.41, 5.74) is 2.07. The minimum atomic E-state index is -0.777. The third-order valence-corrected chi connectivity index (χ3v) is 4.94. The van der Waals surface area contributed by atoms with Crippen LogP contribution in [0.5, 0.6) is 0 Å². The van der Waals surface area contributed by atoms with Crippen LogP contribution in [0.25, 0.3) is 0 Å². The van der Waals surface area contributed by atoms with Gasteiger partial charge in [0.2, 0.25) is 5.91 Å². The number of nitrogens with one attached hydrogen (secondary N) is 3. The number of hydrogen-bond donors (Lipinski definition) is 4. The van der Waals surface area contributed by atoms with E-state index in [0.29, 0.717) is 13.0 Å². The van der Waals surface area contributed by atoms with Gasteiger partial charge in [0.25, 0.3) is 0 Å². The zero-order valence-corrected chi connectivity index (χ0v) is 15.3. The molecule has 27 heavy (non-hydrogen) atoms. The molecule has 0 fully saturated rings. The molecule has 7 nitrogen and oxygen atoms in total. The molecule has 0 saturated carbocycles. The predicted molar refractivity (Wildman–Crippen MR) is 103 cm³/mol. The third-order valence-electron chi connectivity index (χ3n) is 4.94. The number of carboxylic acid groups (broad SMARTS) is 1. The van der Waals surface area contributed by atoms with Crippen LogP contribution in [0.2, 0.25) is 0 Å². The second-order valence-electron chi connectivity index (χ2n) is 6.89. The van der Waals surface area contributed by atoms with E-state index in [4.69, 9.17) is 5.11 Å². The molecule has 1 amide bonds. The summed E-state index contributed by atoms with van der Waals surface area (Å²) in [6.07, 6.45) is 8.88. The van der Waals surface area contributed by atoms with Gasteiger partial charge >= 0.3 is 5.97 Å². The Labute approximate surface area is 159 Å². The summed E-state index contributed by atoms with van der Waals surface area (Å²) in [5.74, 6) is 0.0865. The number of pyridine rings is 1. The van der Waals surface area contributed by atoms with E-state index in [1.807, 2.05) is 30.4 Å². The number of allylic oxidation sites excluding steroid dienone is 3. The summed E-state index contributed by atoms with van der Waals surface area (Å²) in [5, 5.41) is 18.5. The van der Waals surface area contributed by atoms with Crippen LogP contribution >= 0.6 is 0 Å². The Morgan fingerprint density at radius 3 is 2.96 bits per heavy atom. The first-order chi connectivity index (χ1) is 13.1. The Hall–Kier alpha value is -2.83. The maximum absolute atomic E-state index is 12.4. The minimum Gasteiger partial charge on any atom is -0.481 e. The monoisotopic (exact) mass is 370 g/mol. The number of anilines is 1. The molecule has 4 N–H and O–H groups in total. The van der Waals surface area contributed by atoms with Gasteiger partial charge in [-0.05, 0) is 55.4 Å². The summed E-state index contributed by atoms with van der Waals surface area (Å²) in [6.45, 7) is 1.34. The largest absolute Gasteiger partial charge is 0.481 e. The van der Waals surface area contributed by atoms with Crippen molar-refractivity contribution in [1.29, 1.82) is 0 Å². The van der Waals surface area contributed by atoms with Crippen LogP contribution in [0.4, 0.5) is 5.82 Å². The zero-order chi connectivity index (χ0) is 19.1. The molecule has 0 saturated heterocycles. The van der Waals surface area contributed by atoms with E-state index in [1.165, 1.54) is 0 Å². The summed E-state index contributed by atoms with van der Waals surface area (Å²) < 4.78 is 0. The fourth-order valence-corrected chi connectivity index (χ4v) is 3.58. The smallest absolute Gasteiger partial charge is 0.303 e. The zero-order valence-electron chi connectivity index (χ0n) is 15.3. The lowest BCUT2D eigenvalue weighted by atomic mass is 9.81. The van der Waals surface area contributed by atoms with Crippen LogP contribution in [0.15, 0.2) is 47.8 Å². The molecule has 0 aromatic carbocycles. The molecule has 7 heteroatoms. The molecule has 2 atom stereocenters. The molecule has 1 aromatic heterocycles. The van der Waals surface area contributed by atoms with Crippen molar-refractivity contribution in [3.8, 4) is 0 Å². The van der Waals surface area contributed by atoms with Crippen LogP contribution in [0, 0.1) is 5.92 Å². The van der Waals surface area contributed by atoms with E-state index in [1.54, 1.807) is 6.20 Å². The molecule has 3 rings (SSSR count). The molecule has 1 aliphatic carbocycles. The van der Waals surface area contributed by atoms with E-state index in [-0.39, 0.29) is 24.3 Å². The first-order valence-corrected chi connectivity index (χ1v) is 9.44. The summed E-state index contributed by atoms with van der Waals surface area (Å²) in [7, 11) is 0. The van der Waals surface area contributed by atoms with Gasteiger partial charge in [-0.3, -0.25) is 9.59 Å². The second kappa shape index (κ2) is 9.21. The lowest BCUT2D eigenvalue weighted by Crippen LogP contribution is -2.46. The number of aromatic nitrogens is 1. The van der Waals surface area contributed by atoms with Gasteiger partial charge in [-0.25, -0.2) is 4.98 Å². The number of carbonyl (C=O) groups excluding carboxylic acids is 1. The van der Waals surface area contributed by atoms with Crippen LogP contribution in [0.3, 0.4) is 0 Å². The van der Waals surface area contributed by atoms with E-state index < -0.39 is 5.97 Å². The van der Waals surface area contributed by atoms with Crippen molar-refractivity contribution in [2.45, 2.75) is 38.1 Å². The number of aliphatic carboxylic acids is 1. The van der Waals surface area contributed by atoms with Crippen molar-refractivity contribution in [1.82, 2.24) is 15.6 Å². The maximum Gasteiger partial charge on any atom is 0.303 e. The lowest BCUT2D eigenvalue weighted by Gasteiger charge is -2.33. The standard InChI is InChI=1S/C20H26N4O3/c25-19(26)13-14-5-3-6-16-15(14)8-9-17(24-16)20(27)23-12-4-11-22-18-7-1-2-10-21-18/h1-3,6-7,10,14,17,24H,4-5,8-9,11-13H2,(H,21,22)(H,23,27)(H,25,26). The Kier molecular flexibility index (Phi) is 6.46. The normalized spacial score (nSPS) is 21.2. The van der Waals surface area contributed by atoms with Gasteiger partial charge in [0.05, 0.1) is 6.42 Å². The fraction of sp³-hybridized carbons (Fsp3) is 0.450. The summed E-state index contributed by atoms with van der Waals surface area (Å²) in [6, 6.07) is 5.44. The Morgan fingerprint density at radius 2 is 2.19 bits per heavy atom. The highest BCUT2D eigenvalue weighted by Gasteiger charge is 2.30. The number of carboxylic acids is 1. The Morgan fingerprint density at radius 1 is 1.30 bits per heavy atom. The maximum atomic E-state index is 12.4. The van der Waals surface area contributed by atoms with Gasteiger partial charge in [0.15, 0.2) is 0 Å². The van der Waals surface area contributed by atoms with Crippen LogP contribution in [0.1, 0.15) is 32.1 Å². The van der Waals surface area contributed by atoms with Gasteiger partial charge in [-0.1, -0.05) is 12.1 Å². The highest BCUT2D eigenvalue weighted by molar-refractivity contribution is 5.82. The minimum absolute atomic E-state index is 0.00635. The number of rotatable bonds is 8. The fourth-order valence-electron chi connectivity index (χ4n) is 3.58. The topological polar surface area (TPSA) is 103 Å². The molecule has 2 unspecified atom stereocenters. The summed E-state index contributed by atoms with van der Waals surface area (Å²) >= 11 is 0. The number of amides is 1. The molecule has 2 heterocycles. The highest BCUT2D eigenvalue weighted by atomic mass is 16.4. The van der Waals surface area contributed by atoms with Crippen LogP contribution in [-0.2, 0) is 9.59 Å². The van der Waals surface area contributed by atoms with Crippen LogP contribution < -0.4 is 16.0 Å². The molecular weight excluding hydrogens is 344 g/mol. The van der Waals surface area contributed by atoms with E-state index >= 15 is 0 Å². The average Bonchev–Trinajstić information content (AvgIpc) is 2.68. The number of hydrogen-bond acceptors (Lipinski definition) is 5. The highest BCUT2D eigenvalue weighted by Crippen LogP contribution is 2.33.